The van der Waals surface area contributed by atoms with E-state index in [1.807, 2.05) is 0 Å². The number of ether oxygens (including phenoxy) is 2. The minimum atomic E-state index is -0.464. The van der Waals surface area contributed by atoms with Crippen LogP contribution in [0.4, 0.5) is 4.79 Å². The number of hydrogen-bond donors (Lipinski definition) is 0. The molecule has 206 valence electrons. The molecule has 4 aliphatic rings. The summed E-state index contributed by atoms with van der Waals surface area (Å²) in [5.74, 6) is 3.95. The Labute approximate surface area is 222 Å². The Bertz CT molecular complexity index is 758. The Morgan fingerprint density at radius 1 is 1.00 bits per heavy atom. The number of hydrogen-bond acceptors (Lipinski definition) is 3. The van der Waals surface area contributed by atoms with Gasteiger partial charge in [-0.3, -0.25) is 0 Å². The monoisotopic (exact) mass is 500 g/mol. The van der Waals surface area contributed by atoms with Crippen LogP contribution in [-0.2, 0) is 9.47 Å². The van der Waals surface area contributed by atoms with Crippen LogP contribution in [0, 0.1) is 40.4 Å². The summed E-state index contributed by atoms with van der Waals surface area (Å²) in [5.41, 5.74) is 2.47. The summed E-state index contributed by atoms with van der Waals surface area (Å²) < 4.78 is 11.2. The lowest BCUT2D eigenvalue weighted by molar-refractivity contribution is -0.0568. The van der Waals surface area contributed by atoms with Crippen LogP contribution in [0.3, 0.4) is 0 Å². The first-order chi connectivity index (χ1) is 17.3. The number of rotatable bonds is 11. The zero-order chi connectivity index (χ0) is 25.8. The molecule has 3 saturated carbocycles. The molecule has 4 rings (SSSR count). The summed E-state index contributed by atoms with van der Waals surface area (Å²) in [6.07, 6.45) is 23.2. The van der Waals surface area contributed by atoms with E-state index in [2.05, 4.69) is 40.7 Å². The second-order valence-corrected chi connectivity index (χ2v) is 13.7. The SMILES string of the molecule is CCCCCCCC[C@H]1CC[C@@H]2[C@H]3CC=C4C[C@@H](OC(=O)OC[C@@H](C)CC)CC[C@]4(C)[C@@H]3CC[C@]12C. The van der Waals surface area contributed by atoms with E-state index >= 15 is 0 Å². The molecule has 0 aromatic heterocycles. The molecule has 3 fully saturated rings. The molecule has 36 heavy (non-hydrogen) atoms. The Balaban J connectivity index is 1.32. The fourth-order valence-corrected chi connectivity index (χ4v) is 8.98. The fourth-order valence-electron chi connectivity index (χ4n) is 8.98. The average Bonchev–Trinajstić information content (AvgIpc) is 3.21. The molecule has 3 nitrogen and oxygen atoms in total. The van der Waals surface area contributed by atoms with Crippen molar-refractivity contribution in [2.24, 2.45) is 40.4 Å². The molecule has 0 aromatic rings. The molecule has 0 amide bonds. The standard InChI is InChI=1S/C33H56O3/c1-6-8-9-10-11-12-13-25-15-17-29-28-16-14-26-22-27(36-31(34)35-23-24(3)7-2)18-20-33(26,5)30(28)19-21-32(25,29)4/h14,24-25,27-30H,6-13,15-23H2,1-5H3/t24-,25-,27-,28+,29+,30+,32+,33-/m0/s1. The Morgan fingerprint density at radius 3 is 2.56 bits per heavy atom. The van der Waals surface area contributed by atoms with Gasteiger partial charge in [0.05, 0.1) is 6.61 Å². The van der Waals surface area contributed by atoms with Crippen molar-refractivity contribution in [2.45, 2.75) is 143 Å². The van der Waals surface area contributed by atoms with E-state index in [4.69, 9.17) is 9.47 Å². The molecule has 0 spiro atoms. The van der Waals surface area contributed by atoms with Gasteiger partial charge in [0.15, 0.2) is 0 Å². The van der Waals surface area contributed by atoms with Crippen LogP contribution in [-0.4, -0.2) is 18.9 Å². The molecular formula is C33H56O3. The lowest BCUT2D eigenvalue weighted by Crippen LogP contribution is -2.50. The normalized spacial score (nSPS) is 38.4. The molecule has 4 aliphatic carbocycles. The van der Waals surface area contributed by atoms with Crippen molar-refractivity contribution in [3.63, 3.8) is 0 Å². The molecule has 0 aromatic carbocycles. The van der Waals surface area contributed by atoms with Crippen LogP contribution in [0.5, 0.6) is 0 Å². The smallest absolute Gasteiger partial charge is 0.434 e. The number of carbonyl (C=O) groups is 1. The second kappa shape index (κ2) is 12.2. The Hall–Kier alpha value is -0.990. The van der Waals surface area contributed by atoms with E-state index in [0.717, 1.165) is 49.4 Å². The van der Waals surface area contributed by atoms with Crippen molar-refractivity contribution in [2.75, 3.05) is 6.61 Å². The third-order valence-corrected chi connectivity index (χ3v) is 11.6. The molecule has 8 atom stereocenters. The first-order valence-electron chi connectivity index (χ1n) is 15.8. The number of allylic oxidation sites excluding steroid dienone is 1. The minimum Gasteiger partial charge on any atom is -0.434 e. The van der Waals surface area contributed by atoms with Crippen LogP contribution >= 0.6 is 0 Å². The van der Waals surface area contributed by atoms with Gasteiger partial charge in [-0.05, 0) is 91.8 Å². The molecule has 0 N–H and O–H groups in total. The molecule has 0 radical (unpaired) electrons. The maximum Gasteiger partial charge on any atom is 0.508 e. The lowest BCUT2D eigenvalue weighted by Gasteiger charge is -2.58. The summed E-state index contributed by atoms with van der Waals surface area (Å²) in [6.45, 7) is 12.2. The number of unbranched alkanes of at least 4 members (excludes halogenated alkanes) is 5. The molecule has 0 saturated heterocycles. The van der Waals surface area contributed by atoms with E-state index in [0.29, 0.717) is 23.4 Å². The fraction of sp³-hybridized carbons (Fsp3) is 0.909. The van der Waals surface area contributed by atoms with E-state index in [1.165, 1.54) is 77.0 Å². The third-order valence-electron chi connectivity index (χ3n) is 11.6. The largest absolute Gasteiger partial charge is 0.508 e. The quantitative estimate of drug-likeness (QED) is 0.161. The van der Waals surface area contributed by atoms with Gasteiger partial charge in [0.1, 0.15) is 6.10 Å². The molecular weight excluding hydrogens is 444 g/mol. The van der Waals surface area contributed by atoms with Crippen LogP contribution in [0.2, 0.25) is 0 Å². The van der Waals surface area contributed by atoms with Crippen LogP contribution in [0.1, 0.15) is 137 Å². The van der Waals surface area contributed by atoms with E-state index < -0.39 is 6.16 Å². The minimum absolute atomic E-state index is 0.00708. The van der Waals surface area contributed by atoms with Gasteiger partial charge in [-0.1, -0.05) is 91.2 Å². The highest BCUT2D eigenvalue weighted by atomic mass is 16.7. The first-order valence-corrected chi connectivity index (χ1v) is 15.8. The Morgan fingerprint density at radius 2 is 1.78 bits per heavy atom. The summed E-state index contributed by atoms with van der Waals surface area (Å²) in [7, 11) is 0. The molecule has 0 bridgehead atoms. The summed E-state index contributed by atoms with van der Waals surface area (Å²) in [6, 6.07) is 0. The third kappa shape index (κ3) is 5.85. The van der Waals surface area contributed by atoms with Crippen molar-refractivity contribution in [1.29, 1.82) is 0 Å². The Kier molecular flexibility index (Phi) is 9.54. The van der Waals surface area contributed by atoms with Crippen molar-refractivity contribution < 1.29 is 14.3 Å². The first kappa shape index (κ1) is 28.0. The maximum atomic E-state index is 12.3. The zero-order valence-corrected chi connectivity index (χ0v) is 24.3. The highest BCUT2D eigenvalue weighted by molar-refractivity contribution is 5.60. The number of fused-ring (bicyclic) bond motifs is 5. The van der Waals surface area contributed by atoms with E-state index in [1.54, 1.807) is 5.57 Å². The van der Waals surface area contributed by atoms with Gasteiger partial charge in [-0.2, -0.15) is 0 Å². The van der Waals surface area contributed by atoms with Gasteiger partial charge in [0.25, 0.3) is 0 Å². The van der Waals surface area contributed by atoms with Crippen LogP contribution in [0.15, 0.2) is 11.6 Å². The molecule has 0 heterocycles. The van der Waals surface area contributed by atoms with Crippen molar-refractivity contribution in [3.8, 4) is 0 Å². The predicted octanol–water partition coefficient (Wildman–Crippen LogP) is 9.88. The maximum absolute atomic E-state index is 12.3. The lowest BCUT2D eigenvalue weighted by atomic mass is 9.47. The molecule has 3 heteroatoms. The molecule has 0 aliphatic heterocycles. The summed E-state index contributed by atoms with van der Waals surface area (Å²) >= 11 is 0. The van der Waals surface area contributed by atoms with Crippen LogP contribution in [0.25, 0.3) is 0 Å². The van der Waals surface area contributed by atoms with Gasteiger partial charge in [0, 0.05) is 6.42 Å². The average molecular weight is 501 g/mol. The number of carbonyl (C=O) groups excluding carboxylic acids is 1. The topological polar surface area (TPSA) is 35.5 Å². The second-order valence-electron chi connectivity index (χ2n) is 13.7. The summed E-state index contributed by atoms with van der Waals surface area (Å²) in [4.78, 5) is 12.3. The van der Waals surface area contributed by atoms with Gasteiger partial charge >= 0.3 is 6.16 Å². The van der Waals surface area contributed by atoms with Crippen LogP contribution < -0.4 is 0 Å². The highest BCUT2D eigenvalue weighted by Gasteiger charge is 2.58. The highest BCUT2D eigenvalue weighted by Crippen LogP contribution is 2.66. The van der Waals surface area contributed by atoms with E-state index in [9.17, 15) is 4.79 Å². The summed E-state index contributed by atoms with van der Waals surface area (Å²) in [5, 5.41) is 0. The van der Waals surface area contributed by atoms with Crippen molar-refractivity contribution in [3.05, 3.63) is 11.6 Å². The van der Waals surface area contributed by atoms with Gasteiger partial charge in [-0.25, -0.2) is 4.79 Å². The van der Waals surface area contributed by atoms with Gasteiger partial charge in [-0.15, -0.1) is 0 Å². The molecule has 0 unspecified atom stereocenters. The van der Waals surface area contributed by atoms with Crippen molar-refractivity contribution in [1.82, 2.24) is 0 Å². The van der Waals surface area contributed by atoms with E-state index in [-0.39, 0.29) is 6.10 Å². The van der Waals surface area contributed by atoms with Gasteiger partial charge < -0.3 is 9.47 Å². The van der Waals surface area contributed by atoms with Crippen molar-refractivity contribution >= 4 is 6.16 Å². The predicted molar refractivity (Wildman–Crippen MR) is 149 cm³/mol. The zero-order valence-electron chi connectivity index (χ0n) is 24.3. The van der Waals surface area contributed by atoms with Gasteiger partial charge in [0.2, 0.25) is 0 Å².